The molecule has 5 aromatic carbocycles. The smallest absolute Gasteiger partial charge is 0.416 e. The molecule has 0 unspecified atom stereocenters. The van der Waals surface area contributed by atoms with Crippen LogP contribution in [0.3, 0.4) is 0 Å². The molecule has 4 saturated carbocycles. The van der Waals surface area contributed by atoms with E-state index in [1.54, 1.807) is 32.3 Å². The normalized spacial score (nSPS) is 26.0. The summed E-state index contributed by atoms with van der Waals surface area (Å²) in [5.41, 5.74) is 2.00. The lowest BCUT2D eigenvalue weighted by molar-refractivity contribution is -0.869. The number of quaternary nitrogens is 1. The van der Waals surface area contributed by atoms with Crippen molar-refractivity contribution in [2.24, 2.45) is 0 Å². The van der Waals surface area contributed by atoms with Crippen molar-refractivity contribution in [1.29, 1.82) is 0 Å². The molecule has 14 atom stereocenters. The van der Waals surface area contributed by atoms with Gasteiger partial charge < -0.3 is 55.5 Å². The van der Waals surface area contributed by atoms with E-state index < -0.39 is 51.6 Å². The number of hydroxylamine groups is 3. The molecule has 0 spiro atoms. The summed E-state index contributed by atoms with van der Waals surface area (Å²) in [6.45, 7) is 31.4. The van der Waals surface area contributed by atoms with Gasteiger partial charge in [0.15, 0.2) is 0 Å². The zero-order chi connectivity index (χ0) is 88.9. The van der Waals surface area contributed by atoms with Crippen LogP contribution in [0.1, 0.15) is 255 Å². The topological polar surface area (TPSA) is 96.6 Å². The van der Waals surface area contributed by atoms with E-state index in [1.165, 1.54) is 79.8 Å². The van der Waals surface area contributed by atoms with E-state index in [4.69, 9.17) is 27.9 Å². The Labute approximate surface area is 714 Å². The molecule has 672 valence electrons. The molecule has 0 aromatic heterocycles. The fraction of sp³-hybridized carbons (Fsp3) is 0.677. The van der Waals surface area contributed by atoms with Gasteiger partial charge in [0.05, 0.1) is 54.6 Å². The summed E-state index contributed by atoms with van der Waals surface area (Å²) in [6, 6.07) is 31.9. The number of likely N-dealkylation sites (tertiary alicyclic amines) is 1. The molecule has 0 amide bonds. The highest BCUT2D eigenvalue weighted by Crippen LogP contribution is 2.45. The molecule has 6 fully saturated rings. The zero-order valence-electron chi connectivity index (χ0n) is 74.4. The number of hydrogen-bond donors (Lipinski definition) is 4. The van der Waals surface area contributed by atoms with Crippen molar-refractivity contribution < 1.29 is 62.1 Å². The van der Waals surface area contributed by atoms with Crippen LogP contribution >= 0.6 is 23.2 Å². The van der Waals surface area contributed by atoms with Gasteiger partial charge in [-0.05, 0) is 322 Å². The van der Waals surface area contributed by atoms with Gasteiger partial charge in [-0.1, -0.05) is 97.7 Å². The summed E-state index contributed by atoms with van der Waals surface area (Å²) >= 11 is 12.4. The van der Waals surface area contributed by atoms with Crippen molar-refractivity contribution in [2.75, 3.05) is 87.5 Å². The summed E-state index contributed by atoms with van der Waals surface area (Å²) in [5.74, 6) is 0.883. The maximum Gasteiger partial charge on any atom is 0.416 e. The second kappa shape index (κ2) is 42.9. The average molecular weight is 1730 g/mol. The van der Waals surface area contributed by atoms with Crippen LogP contribution in [0.5, 0.6) is 0 Å². The van der Waals surface area contributed by atoms with E-state index in [0.29, 0.717) is 66.4 Å². The molecule has 2 heterocycles. The van der Waals surface area contributed by atoms with Crippen LogP contribution in [0, 0.1) is 5.21 Å². The molecular weight excluding hydrogens is 1590 g/mol. The first-order valence-corrected chi connectivity index (χ1v) is 43.6. The predicted molar refractivity (Wildman–Crippen MR) is 464 cm³/mol. The first-order chi connectivity index (χ1) is 54.9. The van der Waals surface area contributed by atoms with E-state index in [-0.39, 0.29) is 70.7 Å². The van der Waals surface area contributed by atoms with Crippen LogP contribution in [-0.4, -0.2) is 196 Å². The number of alkyl halides is 12. The SMILES string of the molecule is CC(C)(C)N[C@H]1CC[C@H](c2cccc(C(F)(F)F)c2)C[C@@H]1[N+](C)(C)[O-].CC(C)N[C@H]1CC[C@H](c2cccc(C(F)(F)F)c2)C[C@@H]1N1CCCC1.CC(C)O[C@H]1CC[C@H](c2cccc(C(F)(F)F)c2)C[C@@H]1N(C)C.CN(C)[C@@H]1CN(c2cccc(C(F)(F)F)c2)CC[C@H]1NC(C)(C)C.CN(C)[C@H]1C[C@@H](c2cc(Cl)cc(Cl)c2)CC[C@@H]1NC(C)(C)C. The largest absolute Gasteiger partial charge is 0.633 e. The Kier molecular flexibility index (Phi) is 36.5. The van der Waals surface area contributed by atoms with Crippen LogP contribution in [0.15, 0.2) is 115 Å². The Morgan fingerprint density at radius 1 is 0.429 bits per heavy atom. The van der Waals surface area contributed by atoms with Crippen molar-refractivity contribution in [3.8, 4) is 0 Å². The zero-order valence-corrected chi connectivity index (χ0v) is 75.9. The third kappa shape index (κ3) is 32.3. The summed E-state index contributed by atoms with van der Waals surface area (Å²) in [7, 11) is 15.7. The summed E-state index contributed by atoms with van der Waals surface area (Å²) < 4.78 is 161. The molecule has 11 rings (SSSR count). The number of piperidine rings is 1. The van der Waals surface area contributed by atoms with Crippen molar-refractivity contribution in [3.05, 3.63) is 175 Å². The molecule has 0 bridgehead atoms. The number of anilines is 1. The van der Waals surface area contributed by atoms with Gasteiger partial charge in [-0.25, -0.2) is 0 Å². The maximum absolute atomic E-state index is 13.0. The van der Waals surface area contributed by atoms with Crippen LogP contribution in [0.2, 0.25) is 10.0 Å². The number of nitrogens with zero attached hydrogens (tertiary/aromatic N) is 6. The van der Waals surface area contributed by atoms with Gasteiger partial charge in [-0.15, -0.1) is 0 Å². The van der Waals surface area contributed by atoms with Crippen molar-refractivity contribution >= 4 is 28.9 Å². The average Bonchev–Trinajstić information content (AvgIpc) is 1.30. The second-order valence-electron chi connectivity index (χ2n) is 39.0. The van der Waals surface area contributed by atoms with E-state index in [0.717, 1.165) is 123 Å². The van der Waals surface area contributed by atoms with Gasteiger partial charge in [-0.3, -0.25) is 4.90 Å². The molecule has 2 saturated heterocycles. The minimum absolute atomic E-state index is 0.0112. The number of likely N-dealkylation sites (N-methyl/N-ethyl adjacent to an activating group) is 4. The van der Waals surface area contributed by atoms with E-state index in [2.05, 4.69) is 148 Å². The van der Waals surface area contributed by atoms with Gasteiger partial charge in [0, 0.05) is 100 Å². The van der Waals surface area contributed by atoms with Crippen molar-refractivity contribution in [2.45, 2.75) is 324 Å². The van der Waals surface area contributed by atoms with Gasteiger partial charge in [0.2, 0.25) is 0 Å². The Morgan fingerprint density at radius 3 is 1.23 bits per heavy atom. The second-order valence-corrected chi connectivity index (χ2v) is 39.8. The molecule has 2 aliphatic heterocycles. The quantitative estimate of drug-likeness (QED) is 0.0407. The molecule has 6 aliphatic rings. The first kappa shape index (κ1) is 101. The number of rotatable bonds is 17. The number of ether oxygens (including phenoxy) is 1. The lowest BCUT2D eigenvalue weighted by Gasteiger charge is -2.50. The fourth-order valence-corrected chi connectivity index (χ4v) is 19.2. The Balaban J connectivity index is 0.000000205. The monoisotopic (exact) mass is 1730 g/mol. The molecule has 12 nitrogen and oxygen atoms in total. The summed E-state index contributed by atoms with van der Waals surface area (Å²) in [4.78, 5) is 11.2. The van der Waals surface area contributed by atoms with Gasteiger partial charge >= 0.3 is 24.7 Å². The highest BCUT2D eigenvalue weighted by Gasteiger charge is 2.44. The Morgan fingerprint density at radius 2 is 0.807 bits per heavy atom. The first-order valence-electron chi connectivity index (χ1n) is 42.8. The predicted octanol–water partition coefficient (Wildman–Crippen LogP) is 22.7. The van der Waals surface area contributed by atoms with Gasteiger partial charge in [0.25, 0.3) is 0 Å². The number of benzene rings is 5. The summed E-state index contributed by atoms with van der Waals surface area (Å²) in [5, 5.41) is 28.8. The lowest BCUT2D eigenvalue weighted by atomic mass is 9.77. The summed E-state index contributed by atoms with van der Waals surface area (Å²) in [6.07, 6.45) is -2.37. The van der Waals surface area contributed by atoms with E-state index in [9.17, 15) is 57.9 Å². The number of halogens is 14. The number of hydrogen-bond acceptors (Lipinski definition) is 11. The molecule has 0 radical (unpaired) electrons. The third-order valence-corrected chi connectivity index (χ3v) is 24.4. The number of nitrogens with one attached hydrogen (secondary N) is 4. The molecular formula is C93H140Cl2F12N10O2. The molecule has 119 heavy (non-hydrogen) atoms. The Bertz CT molecular complexity index is 3860. The van der Waals surface area contributed by atoms with Crippen LogP contribution in [0.4, 0.5) is 58.4 Å². The Hall–Kier alpha value is -4.80. The van der Waals surface area contributed by atoms with Crippen molar-refractivity contribution in [3.63, 3.8) is 0 Å². The molecule has 4 aliphatic carbocycles. The third-order valence-electron chi connectivity index (χ3n) is 24.0. The minimum atomic E-state index is -4.34. The lowest BCUT2D eigenvalue weighted by Crippen LogP contribution is -2.61. The highest BCUT2D eigenvalue weighted by atomic mass is 35.5. The molecule has 5 aromatic rings. The molecule has 26 heteroatoms. The fourth-order valence-electron chi connectivity index (χ4n) is 18.6. The standard InChI is InChI=1S/C20H29F3N2.C19H29F3N2O.C18H28Cl2N2.C18H28F3N3.C18H26F3NO/c1-14(2)24-18-9-8-16(13-19(18)25-10-3-4-11-25)15-6-5-7-17(12-15)20(21,22)23;1-18(2,3)23-16-10-9-14(12-17(16)24(4,5)25)13-7-6-8-15(11-13)19(20,21)22;1-18(2,3)21-16-7-6-12(10-17(16)22(4)5)13-8-14(19)11-15(20)9-13;1-17(2,3)22-15-9-10-24(12-16(15)23(4)5)14-8-6-7-13(11-14)18(19,20)21;1-12(2)23-17-9-8-14(11-16(17)22(3)4)13-6-5-7-15(10-13)18(19,20)21/h5-7,12,14,16,18-19,24H,3-4,8-11,13H2,1-2H3;6-8,11,14,16-17,23H,9-10,12H2,1-5H3;8-9,11-12,16-17,21H,6-7,10H2,1-5H3;6-8,11,15-16,22H,9-10,12H2,1-5H3;5-7,10,12,14,16-17H,8-9,11H2,1-4H3/t16-,18-,19-;14-,16-,17-;12-,16-,17-;15-,16-;14-,16-,17-/m00010/s1. The molecule has 4 N–H and O–H groups in total. The minimum Gasteiger partial charge on any atom is -0.633 e. The maximum atomic E-state index is 13.0. The van der Waals surface area contributed by atoms with Crippen LogP contribution in [-0.2, 0) is 29.4 Å². The van der Waals surface area contributed by atoms with E-state index >= 15 is 0 Å². The highest BCUT2D eigenvalue weighted by molar-refractivity contribution is 6.34. The van der Waals surface area contributed by atoms with Gasteiger partial charge in [0.1, 0.15) is 6.04 Å². The van der Waals surface area contributed by atoms with Crippen LogP contribution < -0.4 is 26.2 Å². The van der Waals surface area contributed by atoms with Crippen molar-refractivity contribution in [1.82, 2.24) is 40.9 Å². The van der Waals surface area contributed by atoms with Gasteiger partial charge in [-0.2, -0.15) is 52.7 Å². The van der Waals surface area contributed by atoms with E-state index in [1.807, 2.05) is 60.2 Å². The van der Waals surface area contributed by atoms with Crippen LogP contribution in [0.25, 0.3) is 0 Å².